The van der Waals surface area contributed by atoms with E-state index in [9.17, 15) is 9.90 Å². The SMILES string of the molecule is COc1ccc(CCCNC(=O)NC2(CO)CCCC2)cc1. The fraction of sp³-hybridized carbons (Fsp3) is 0.588. The second-order valence-electron chi connectivity index (χ2n) is 5.98. The summed E-state index contributed by atoms with van der Waals surface area (Å²) in [6, 6.07) is 7.79. The first kappa shape index (κ1) is 16.6. The Hall–Kier alpha value is -1.75. The molecule has 1 saturated carbocycles. The quantitative estimate of drug-likeness (QED) is 0.677. The molecule has 0 radical (unpaired) electrons. The zero-order valence-electron chi connectivity index (χ0n) is 13.2. The van der Waals surface area contributed by atoms with Crippen LogP contribution in [0.5, 0.6) is 5.75 Å². The fourth-order valence-corrected chi connectivity index (χ4v) is 2.95. The second-order valence-corrected chi connectivity index (χ2v) is 5.98. The lowest BCUT2D eigenvalue weighted by Gasteiger charge is -2.27. The molecule has 122 valence electrons. The molecule has 5 nitrogen and oxygen atoms in total. The summed E-state index contributed by atoms with van der Waals surface area (Å²) < 4.78 is 5.12. The van der Waals surface area contributed by atoms with Crippen LogP contribution in [0, 0.1) is 0 Å². The van der Waals surface area contributed by atoms with Gasteiger partial charge in [-0.15, -0.1) is 0 Å². The Kier molecular flexibility index (Phi) is 6.07. The van der Waals surface area contributed by atoms with Gasteiger partial charge < -0.3 is 20.5 Å². The highest BCUT2D eigenvalue weighted by molar-refractivity contribution is 5.74. The molecule has 1 aromatic rings. The highest BCUT2D eigenvalue weighted by Gasteiger charge is 2.34. The summed E-state index contributed by atoms with van der Waals surface area (Å²) in [5, 5.41) is 15.3. The number of aliphatic hydroxyl groups excluding tert-OH is 1. The molecule has 0 bridgehead atoms. The van der Waals surface area contributed by atoms with E-state index in [-0.39, 0.29) is 12.6 Å². The van der Waals surface area contributed by atoms with Crippen molar-refractivity contribution in [2.75, 3.05) is 20.3 Å². The molecule has 0 spiro atoms. The number of carbonyl (C=O) groups is 1. The first-order valence-electron chi connectivity index (χ1n) is 7.97. The third-order valence-corrected chi connectivity index (χ3v) is 4.33. The summed E-state index contributed by atoms with van der Waals surface area (Å²) in [4.78, 5) is 11.9. The number of rotatable bonds is 7. The highest BCUT2D eigenvalue weighted by atomic mass is 16.5. The van der Waals surface area contributed by atoms with Crippen molar-refractivity contribution in [3.63, 3.8) is 0 Å². The van der Waals surface area contributed by atoms with Crippen molar-refractivity contribution in [2.24, 2.45) is 0 Å². The van der Waals surface area contributed by atoms with Gasteiger partial charge in [-0.25, -0.2) is 4.79 Å². The average molecular weight is 306 g/mol. The van der Waals surface area contributed by atoms with Crippen molar-refractivity contribution in [3.8, 4) is 5.75 Å². The molecule has 2 rings (SSSR count). The van der Waals surface area contributed by atoms with Crippen LogP contribution in [0.3, 0.4) is 0 Å². The van der Waals surface area contributed by atoms with E-state index in [4.69, 9.17) is 4.74 Å². The van der Waals surface area contributed by atoms with Crippen molar-refractivity contribution in [3.05, 3.63) is 29.8 Å². The fourth-order valence-electron chi connectivity index (χ4n) is 2.95. The van der Waals surface area contributed by atoms with Gasteiger partial charge in [0.1, 0.15) is 5.75 Å². The zero-order chi connectivity index (χ0) is 15.8. The largest absolute Gasteiger partial charge is 0.497 e. The van der Waals surface area contributed by atoms with Crippen LogP contribution in [0.15, 0.2) is 24.3 Å². The molecule has 0 unspecified atom stereocenters. The van der Waals surface area contributed by atoms with E-state index in [0.29, 0.717) is 6.54 Å². The number of amides is 2. The smallest absolute Gasteiger partial charge is 0.315 e. The molecule has 1 fully saturated rings. The van der Waals surface area contributed by atoms with E-state index in [1.54, 1.807) is 7.11 Å². The Morgan fingerprint density at radius 1 is 1.27 bits per heavy atom. The number of hydrogen-bond donors (Lipinski definition) is 3. The van der Waals surface area contributed by atoms with Crippen molar-refractivity contribution >= 4 is 6.03 Å². The molecule has 3 N–H and O–H groups in total. The predicted octanol–water partition coefficient (Wildman–Crippen LogP) is 2.23. The molecule has 1 aromatic carbocycles. The Morgan fingerprint density at radius 3 is 2.55 bits per heavy atom. The number of nitrogens with one attached hydrogen (secondary N) is 2. The van der Waals surface area contributed by atoms with Gasteiger partial charge in [0.15, 0.2) is 0 Å². The maximum atomic E-state index is 11.9. The van der Waals surface area contributed by atoms with E-state index in [1.807, 2.05) is 24.3 Å². The Bertz CT molecular complexity index is 467. The summed E-state index contributed by atoms with van der Waals surface area (Å²) in [6.07, 6.45) is 5.66. The summed E-state index contributed by atoms with van der Waals surface area (Å²) in [7, 11) is 1.65. The molecule has 22 heavy (non-hydrogen) atoms. The van der Waals surface area contributed by atoms with Crippen LogP contribution in [-0.2, 0) is 6.42 Å². The number of aryl methyl sites for hydroxylation is 1. The van der Waals surface area contributed by atoms with Gasteiger partial charge in [0.2, 0.25) is 0 Å². The minimum Gasteiger partial charge on any atom is -0.497 e. The summed E-state index contributed by atoms with van der Waals surface area (Å²) >= 11 is 0. The molecule has 1 aliphatic carbocycles. The highest BCUT2D eigenvalue weighted by Crippen LogP contribution is 2.28. The van der Waals surface area contributed by atoms with E-state index in [2.05, 4.69) is 10.6 Å². The number of carbonyl (C=O) groups excluding carboxylic acids is 1. The summed E-state index contributed by atoms with van der Waals surface area (Å²) in [6.45, 7) is 0.644. The Labute approximate surface area is 132 Å². The molecule has 0 aromatic heterocycles. The predicted molar refractivity (Wildman–Crippen MR) is 86.1 cm³/mol. The van der Waals surface area contributed by atoms with Gasteiger partial charge in [0, 0.05) is 6.54 Å². The minimum atomic E-state index is -0.403. The first-order valence-corrected chi connectivity index (χ1v) is 7.97. The average Bonchev–Trinajstić information content (AvgIpc) is 3.01. The molecular formula is C17H26N2O3. The lowest BCUT2D eigenvalue weighted by molar-refractivity contribution is 0.163. The molecule has 2 amide bonds. The van der Waals surface area contributed by atoms with Gasteiger partial charge in [-0.1, -0.05) is 25.0 Å². The second kappa shape index (κ2) is 8.03. The maximum Gasteiger partial charge on any atom is 0.315 e. The number of aliphatic hydroxyl groups is 1. The molecule has 0 heterocycles. The van der Waals surface area contributed by atoms with Gasteiger partial charge in [-0.05, 0) is 43.4 Å². The molecule has 1 aliphatic rings. The Morgan fingerprint density at radius 2 is 1.95 bits per heavy atom. The molecule has 5 heteroatoms. The van der Waals surface area contributed by atoms with Crippen LogP contribution in [0.2, 0.25) is 0 Å². The minimum absolute atomic E-state index is 0.0201. The molecular weight excluding hydrogens is 280 g/mol. The lowest BCUT2D eigenvalue weighted by Crippen LogP contribution is -2.53. The van der Waals surface area contributed by atoms with Crippen molar-refractivity contribution in [2.45, 2.75) is 44.1 Å². The van der Waals surface area contributed by atoms with Crippen LogP contribution in [0.1, 0.15) is 37.7 Å². The van der Waals surface area contributed by atoms with Crippen LogP contribution in [0.4, 0.5) is 4.79 Å². The van der Waals surface area contributed by atoms with Gasteiger partial charge in [0.25, 0.3) is 0 Å². The third-order valence-electron chi connectivity index (χ3n) is 4.33. The van der Waals surface area contributed by atoms with Crippen LogP contribution < -0.4 is 15.4 Å². The topological polar surface area (TPSA) is 70.6 Å². The van der Waals surface area contributed by atoms with Gasteiger partial charge in [0.05, 0.1) is 19.3 Å². The monoisotopic (exact) mass is 306 g/mol. The Balaban J connectivity index is 1.66. The number of benzene rings is 1. The number of urea groups is 1. The van der Waals surface area contributed by atoms with Crippen molar-refractivity contribution < 1.29 is 14.6 Å². The van der Waals surface area contributed by atoms with E-state index in [0.717, 1.165) is 44.3 Å². The molecule has 0 saturated heterocycles. The first-order chi connectivity index (χ1) is 10.7. The normalized spacial score (nSPS) is 16.3. The third kappa shape index (κ3) is 4.63. The number of ether oxygens (including phenoxy) is 1. The summed E-state index contributed by atoms with van der Waals surface area (Å²) in [5.41, 5.74) is 0.825. The van der Waals surface area contributed by atoms with Crippen LogP contribution in [0.25, 0.3) is 0 Å². The zero-order valence-corrected chi connectivity index (χ0v) is 13.2. The maximum absolute atomic E-state index is 11.9. The molecule has 0 aliphatic heterocycles. The van der Waals surface area contributed by atoms with E-state index in [1.165, 1.54) is 5.56 Å². The van der Waals surface area contributed by atoms with Gasteiger partial charge >= 0.3 is 6.03 Å². The van der Waals surface area contributed by atoms with E-state index < -0.39 is 5.54 Å². The van der Waals surface area contributed by atoms with Crippen molar-refractivity contribution in [1.29, 1.82) is 0 Å². The number of methoxy groups -OCH3 is 1. The van der Waals surface area contributed by atoms with Gasteiger partial charge in [-0.2, -0.15) is 0 Å². The standard InChI is InChI=1S/C17H26N2O3/c1-22-15-8-6-14(7-9-15)5-4-12-18-16(21)19-17(13-20)10-2-3-11-17/h6-9,20H,2-5,10-13H2,1H3,(H2,18,19,21). The van der Waals surface area contributed by atoms with Crippen LogP contribution in [-0.4, -0.2) is 36.9 Å². The number of hydrogen-bond acceptors (Lipinski definition) is 3. The van der Waals surface area contributed by atoms with Crippen molar-refractivity contribution in [1.82, 2.24) is 10.6 Å². The lowest BCUT2D eigenvalue weighted by atomic mass is 9.99. The molecule has 0 atom stereocenters. The van der Waals surface area contributed by atoms with Gasteiger partial charge in [-0.3, -0.25) is 0 Å². The summed E-state index contributed by atoms with van der Waals surface area (Å²) in [5.74, 6) is 0.854. The van der Waals surface area contributed by atoms with E-state index >= 15 is 0 Å². The van der Waals surface area contributed by atoms with Crippen LogP contribution >= 0.6 is 0 Å².